The van der Waals surface area contributed by atoms with Gasteiger partial charge < -0.3 is 20.1 Å². The first-order valence-electron chi connectivity index (χ1n) is 12.4. The van der Waals surface area contributed by atoms with Crippen molar-refractivity contribution in [3.63, 3.8) is 0 Å². The van der Waals surface area contributed by atoms with Gasteiger partial charge in [-0.15, -0.1) is 0 Å². The molecule has 0 spiro atoms. The number of aliphatic hydroxyl groups is 1. The van der Waals surface area contributed by atoms with Gasteiger partial charge in [-0.05, 0) is 98.9 Å². The number of phenolic OH excluding ortho intramolecular Hbond substituents is 2. The molecule has 0 amide bonds. The molecule has 1 aliphatic carbocycles. The Hall–Kier alpha value is -4.70. The summed E-state index contributed by atoms with van der Waals surface area (Å²) in [5.41, 5.74) is 2.78. The lowest BCUT2D eigenvalue weighted by molar-refractivity contribution is 0.391. The summed E-state index contributed by atoms with van der Waals surface area (Å²) in [5, 5.41) is 34.5. The summed E-state index contributed by atoms with van der Waals surface area (Å²) in [5.74, 6) is 1.68. The zero-order chi connectivity index (χ0) is 25.9. The van der Waals surface area contributed by atoms with E-state index in [-0.39, 0.29) is 23.2 Å². The molecule has 0 saturated carbocycles. The van der Waals surface area contributed by atoms with Crippen LogP contribution in [0.3, 0.4) is 0 Å². The van der Waals surface area contributed by atoms with Crippen LogP contribution < -0.4 is 4.74 Å². The molecule has 184 valence electrons. The van der Waals surface area contributed by atoms with E-state index in [0.717, 1.165) is 38.2 Å². The third kappa shape index (κ3) is 5.00. The average molecular weight is 489 g/mol. The summed E-state index contributed by atoms with van der Waals surface area (Å²) >= 11 is 0. The summed E-state index contributed by atoms with van der Waals surface area (Å²) in [6, 6.07) is 28.0. The van der Waals surface area contributed by atoms with E-state index in [2.05, 4.69) is 0 Å². The van der Waals surface area contributed by atoms with Crippen LogP contribution in [-0.4, -0.2) is 15.3 Å². The number of phenols is 2. The van der Waals surface area contributed by atoms with Crippen LogP contribution in [0.15, 0.2) is 103 Å². The van der Waals surface area contributed by atoms with Gasteiger partial charge in [0.25, 0.3) is 0 Å². The molecule has 0 aromatic heterocycles. The maximum atomic E-state index is 11.0. The Kier molecular flexibility index (Phi) is 6.57. The second-order valence-corrected chi connectivity index (χ2v) is 8.78. The minimum atomic E-state index is -0.299. The summed E-state index contributed by atoms with van der Waals surface area (Å²) < 4.78 is 6.10. The van der Waals surface area contributed by atoms with E-state index < -0.39 is 0 Å². The highest BCUT2D eigenvalue weighted by Gasteiger charge is 2.18. The van der Waals surface area contributed by atoms with Crippen LogP contribution in [0.1, 0.15) is 36.5 Å². The van der Waals surface area contributed by atoms with Crippen LogP contribution in [-0.2, 0) is 0 Å². The van der Waals surface area contributed by atoms with Crippen LogP contribution in [0.4, 0.5) is 0 Å². The van der Waals surface area contributed by atoms with E-state index in [1.807, 2.05) is 92.7 Å². The van der Waals surface area contributed by atoms with Crippen molar-refractivity contribution >= 4 is 33.7 Å². The molecule has 6 rings (SSSR count). The fourth-order valence-corrected chi connectivity index (χ4v) is 4.58. The summed E-state index contributed by atoms with van der Waals surface area (Å²) in [7, 11) is 0. The van der Waals surface area contributed by atoms with Crippen LogP contribution in [0.5, 0.6) is 23.0 Å². The smallest absolute Gasteiger partial charge is 0.128 e. The van der Waals surface area contributed by atoms with Crippen molar-refractivity contribution in [1.82, 2.24) is 0 Å². The minimum absolute atomic E-state index is 0.213. The van der Waals surface area contributed by atoms with Crippen LogP contribution in [0.2, 0.25) is 0 Å². The largest absolute Gasteiger partial charge is 0.511 e. The average Bonchev–Trinajstić information content (AvgIpc) is 3.07. The van der Waals surface area contributed by atoms with Crippen LogP contribution >= 0.6 is 0 Å². The Morgan fingerprint density at radius 3 is 1.89 bits per heavy atom. The zero-order valence-corrected chi connectivity index (χ0v) is 20.7. The molecule has 0 saturated heterocycles. The number of aliphatic hydroxyl groups excluding tert-OH is 1. The van der Waals surface area contributed by atoms with Gasteiger partial charge in [-0.25, -0.2) is 0 Å². The molecule has 0 bridgehead atoms. The second kappa shape index (κ2) is 10.1. The van der Waals surface area contributed by atoms with Crippen molar-refractivity contribution in [3.8, 4) is 23.0 Å². The SMILES string of the molecule is CC.OC1=Cc2cc(Oc3ccc4ccc(O)cc4c3)ccc2C=CC1c1ccc2ccc(O)cc2c1. The van der Waals surface area contributed by atoms with Gasteiger partial charge in [0, 0.05) is 0 Å². The first kappa shape index (κ1) is 24.0. The van der Waals surface area contributed by atoms with Gasteiger partial charge in [0.15, 0.2) is 0 Å². The van der Waals surface area contributed by atoms with Gasteiger partial charge in [-0.2, -0.15) is 0 Å². The Bertz CT molecular complexity index is 1660. The van der Waals surface area contributed by atoms with Gasteiger partial charge in [-0.3, -0.25) is 0 Å². The van der Waals surface area contributed by atoms with Gasteiger partial charge in [0.05, 0.1) is 5.92 Å². The topological polar surface area (TPSA) is 69.9 Å². The van der Waals surface area contributed by atoms with Crippen LogP contribution in [0, 0.1) is 0 Å². The predicted molar refractivity (Wildman–Crippen MR) is 151 cm³/mol. The third-order valence-corrected chi connectivity index (χ3v) is 6.39. The molecule has 37 heavy (non-hydrogen) atoms. The lowest BCUT2D eigenvalue weighted by Gasteiger charge is -2.13. The Labute approximate surface area is 216 Å². The molecule has 0 fully saturated rings. The molecule has 4 nitrogen and oxygen atoms in total. The Balaban J connectivity index is 0.00000137. The fourth-order valence-electron chi connectivity index (χ4n) is 4.58. The first-order chi connectivity index (χ1) is 18.0. The van der Waals surface area contributed by atoms with Gasteiger partial charge in [0.1, 0.15) is 28.8 Å². The van der Waals surface area contributed by atoms with Crippen molar-refractivity contribution in [1.29, 1.82) is 0 Å². The molecule has 1 unspecified atom stereocenters. The van der Waals surface area contributed by atoms with Crippen molar-refractivity contribution in [2.75, 3.05) is 0 Å². The molecular formula is C33H28O4. The second-order valence-electron chi connectivity index (χ2n) is 8.78. The number of hydrogen-bond acceptors (Lipinski definition) is 4. The normalized spacial score (nSPS) is 14.3. The van der Waals surface area contributed by atoms with Gasteiger partial charge in [-0.1, -0.05) is 62.4 Å². The number of ether oxygens (including phenoxy) is 1. The van der Waals surface area contributed by atoms with E-state index in [0.29, 0.717) is 11.5 Å². The third-order valence-electron chi connectivity index (χ3n) is 6.39. The summed E-state index contributed by atoms with van der Waals surface area (Å²) in [6.45, 7) is 4.00. The highest BCUT2D eigenvalue weighted by Crippen LogP contribution is 2.35. The highest BCUT2D eigenvalue weighted by atomic mass is 16.5. The van der Waals surface area contributed by atoms with Crippen molar-refractivity contribution in [2.45, 2.75) is 19.8 Å². The summed E-state index contributed by atoms with van der Waals surface area (Å²) in [4.78, 5) is 0. The van der Waals surface area contributed by atoms with E-state index in [9.17, 15) is 15.3 Å². The summed E-state index contributed by atoms with van der Waals surface area (Å²) in [6.07, 6.45) is 5.77. The predicted octanol–water partition coefficient (Wildman–Crippen LogP) is 8.93. The molecule has 5 aromatic rings. The van der Waals surface area contributed by atoms with Crippen LogP contribution in [0.25, 0.3) is 33.7 Å². The highest BCUT2D eigenvalue weighted by molar-refractivity contribution is 5.86. The molecule has 0 aliphatic heterocycles. The number of benzene rings is 5. The molecule has 3 N–H and O–H groups in total. The fraction of sp³-hybridized carbons (Fsp3) is 0.0909. The molecule has 1 aliphatic rings. The number of hydrogen-bond donors (Lipinski definition) is 3. The quantitative estimate of drug-likeness (QED) is 0.237. The number of allylic oxidation sites excluding steroid dienone is 1. The molecule has 5 aromatic carbocycles. The van der Waals surface area contributed by atoms with Gasteiger partial charge >= 0.3 is 0 Å². The molecular weight excluding hydrogens is 460 g/mol. The zero-order valence-electron chi connectivity index (χ0n) is 20.7. The standard InChI is InChI=1S/C31H22O4.C2H6/c32-26-8-3-19-1-2-22(13-23(19)14-26)30-12-7-21-6-11-29(17-25(21)18-31(30)34)35-28-10-5-20-4-9-27(33)15-24(20)16-28;1-2/h1-18,30,32-34H;1-2H3. The molecule has 0 heterocycles. The molecule has 1 atom stereocenters. The number of aromatic hydroxyl groups is 2. The lowest BCUT2D eigenvalue weighted by Crippen LogP contribution is -1.98. The maximum absolute atomic E-state index is 11.0. The van der Waals surface area contributed by atoms with Crippen molar-refractivity contribution < 1.29 is 20.1 Å². The lowest BCUT2D eigenvalue weighted by atomic mass is 9.94. The van der Waals surface area contributed by atoms with Crippen molar-refractivity contribution in [3.05, 3.63) is 120 Å². The van der Waals surface area contributed by atoms with Gasteiger partial charge in [0.2, 0.25) is 0 Å². The number of rotatable bonds is 3. The van der Waals surface area contributed by atoms with E-state index in [1.165, 1.54) is 0 Å². The first-order valence-corrected chi connectivity index (χ1v) is 12.4. The van der Waals surface area contributed by atoms with E-state index in [1.54, 1.807) is 30.3 Å². The van der Waals surface area contributed by atoms with E-state index >= 15 is 0 Å². The Morgan fingerprint density at radius 2 is 1.16 bits per heavy atom. The monoisotopic (exact) mass is 488 g/mol. The molecule has 4 heteroatoms. The Morgan fingerprint density at radius 1 is 0.568 bits per heavy atom. The van der Waals surface area contributed by atoms with Crippen molar-refractivity contribution in [2.24, 2.45) is 0 Å². The van der Waals surface area contributed by atoms with E-state index in [4.69, 9.17) is 4.74 Å². The molecule has 0 radical (unpaired) electrons. The maximum Gasteiger partial charge on any atom is 0.128 e. The minimum Gasteiger partial charge on any atom is -0.511 e. The number of fused-ring (bicyclic) bond motifs is 3.